The fourth-order valence-electron chi connectivity index (χ4n) is 4.29. The topological polar surface area (TPSA) is 86.8 Å². The minimum Gasteiger partial charge on any atom is -0.349 e. The molecule has 1 heterocycles. The third-order valence-corrected chi connectivity index (χ3v) is 8.24. The first-order valence-electron chi connectivity index (χ1n) is 10.8. The quantitative estimate of drug-likeness (QED) is 0.696. The van der Waals surface area contributed by atoms with Gasteiger partial charge in [-0.25, -0.2) is 8.42 Å². The number of carbonyl (C=O) groups excluding carboxylic acids is 2. The Hall–Kier alpha value is -2.42. The van der Waals surface area contributed by atoms with Crippen molar-refractivity contribution in [2.75, 3.05) is 26.2 Å². The minimum absolute atomic E-state index is 0.00965. The first-order chi connectivity index (χ1) is 15.3. The van der Waals surface area contributed by atoms with Crippen molar-refractivity contribution >= 4 is 33.4 Å². The van der Waals surface area contributed by atoms with E-state index in [0.29, 0.717) is 18.1 Å². The lowest BCUT2D eigenvalue weighted by molar-refractivity contribution is -0.134. The van der Waals surface area contributed by atoms with Gasteiger partial charge in [0.2, 0.25) is 21.8 Å². The summed E-state index contributed by atoms with van der Waals surface area (Å²) < 4.78 is 26.9. The van der Waals surface area contributed by atoms with E-state index in [-0.39, 0.29) is 48.7 Å². The Morgan fingerprint density at radius 1 is 0.969 bits per heavy atom. The lowest BCUT2D eigenvalue weighted by Crippen LogP contribution is -2.50. The van der Waals surface area contributed by atoms with Gasteiger partial charge in [0.1, 0.15) is 0 Å². The largest absolute Gasteiger partial charge is 0.349 e. The molecule has 0 spiro atoms. The molecule has 4 rings (SSSR count). The highest BCUT2D eigenvalue weighted by atomic mass is 35.5. The summed E-state index contributed by atoms with van der Waals surface area (Å²) in [5.41, 5.74) is 2.42. The highest BCUT2D eigenvalue weighted by molar-refractivity contribution is 7.89. The summed E-state index contributed by atoms with van der Waals surface area (Å²) in [6.45, 7) is 1.07. The van der Waals surface area contributed by atoms with E-state index in [1.807, 2.05) is 18.2 Å². The van der Waals surface area contributed by atoms with Crippen molar-refractivity contribution in [1.82, 2.24) is 14.5 Å². The maximum Gasteiger partial charge on any atom is 0.243 e. The van der Waals surface area contributed by atoms with Crippen molar-refractivity contribution in [3.63, 3.8) is 0 Å². The molecule has 0 saturated carbocycles. The lowest BCUT2D eigenvalue weighted by Gasteiger charge is -2.34. The highest BCUT2D eigenvalue weighted by Gasteiger charge is 2.30. The lowest BCUT2D eigenvalue weighted by atomic mass is 10.1. The second-order valence-electron chi connectivity index (χ2n) is 8.10. The summed E-state index contributed by atoms with van der Waals surface area (Å²) in [6.07, 6.45) is 2.07. The van der Waals surface area contributed by atoms with Crippen LogP contribution in [0.25, 0.3) is 0 Å². The minimum atomic E-state index is -3.62. The average Bonchev–Trinajstić information content (AvgIpc) is 3.20. The number of piperazine rings is 1. The molecule has 1 N–H and O–H groups in total. The Labute approximate surface area is 193 Å². The summed E-state index contributed by atoms with van der Waals surface area (Å²) in [5, 5.41) is 3.51. The van der Waals surface area contributed by atoms with Crippen molar-refractivity contribution < 1.29 is 18.0 Å². The predicted molar refractivity (Wildman–Crippen MR) is 122 cm³/mol. The van der Waals surface area contributed by atoms with Crippen LogP contribution in [0.2, 0.25) is 5.02 Å². The van der Waals surface area contributed by atoms with Crippen LogP contribution in [0.1, 0.15) is 36.4 Å². The number of amides is 2. The maximum absolute atomic E-state index is 12.8. The number of aryl methyl sites for hydroxylation is 1. The number of fused-ring (bicyclic) bond motifs is 1. The first kappa shape index (κ1) is 22.8. The van der Waals surface area contributed by atoms with E-state index in [9.17, 15) is 18.0 Å². The van der Waals surface area contributed by atoms with Gasteiger partial charge >= 0.3 is 0 Å². The number of carbonyl (C=O) groups is 2. The summed E-state index contributed by atoms with van der Waals surface area (Å²) in [7, 11) is -3.62. The molecule has 32 heavy (non-hydrogen) atoms. The molecule has 9 heteroatoms. The summed E-state index contributed by atoms with van der Waals surface area (Å²) in [6, 6.07) is 14.2. The fourth-order valence-corrected chi connectivity index (χ4v) is 5.83. The molecule has 170 valence electrons. The van der Waals surface area contributed by atoms with Gasteiger partial charge in [-0.2, -0.15) is 4.31 Å². The zero-order chi connectivity index (χ0) is 22.7. The molecule has 2 aliphatic rings. The van der Waals surface area contributed by atoms with Crippen LogP contribution >= 0.6 is 11.6 Å². The molecule has 2 aromatic rings. The average molecular weight is 476 g/mol. The molecule has 2 amide bonds. The van der Waals surface area contributed by atoms with Gasteiger partial charge in [-0.1, -0.05) is 35.9 Å². The molecule has 1 saturated heterocycles. The van der Waals surface area contributed by atoms with Crippen LogP contribution in [0.15, 0.2) is 53.4 Å². The Kier molecular flexibility index (Phi) is 6.83. The number of halogens is 1. The van der Waals surface area contributed by atoms with Crippen molar-refractivity contribution in [1.29, 1.82) is 0 Å². The number of hydrogen-bond acceptors (Lipinski definition) is 4. The first-order valence-corrected chi connectivity index (χ1v) is 12.6. The van der Waals surface area contributed by atoms with Crippen LogP contribution in [0, 0.1) is 0 Å². The number of nitrogens with one attached hydrogen (secondary N) is 1. The second kappa shape index (κ2) is 9.60. The van der Waals surface area contributed by atoms with E-state index in [2.05, 4.69) is 11.4 Å². The van der Waals surface area contributed by atoms with Crippen LogP contribution in [0.5, 0.6) is 0 Å². The Morgan fingerprint density at radius 2 is 1.66 bits per heavy atom. The zero-order valence-electron chi connectivity index (χ0n) is 17.7. The van der Waals surface area contributed by atoms with Crippen LogP contribution < -0.4 is 5.32 Å². The molecule has 1 fully saturated rings. The number of sulfonamides is 1. The van der Waals surface area contributed by atoms with Gasteiger partial charge in [-0.15, -0.1) is 0 Å². The summed E-state index contributed by atoms with van der Waals surface area (Å²) in [5.74, 6) is -0.264. The Bertz CT molecular complexity index is 1100. The van der Waals surface area contributed by atoms with Gasteiger partial charge in [0.25, 0.3) is 0 Å². The maximum atomic E-state index is 12.8. The van der Waals surface area contributed by atoms with Crippen LogP contribution in [-0.2, 0) is 26.0 Å². The molecule has 2 aromatic carbocycles. The Morgan fingerprint density at radius 3 is 2.38 bits per heavy atom. The van der Waals surface area contributed by atoms with Gasteiger partial charge in [-0.05, 0) is 48.2 Å². The van der Waals surface area contributed by atoms with Gasteiger partial charge in [0.05, 0.1) is 10.9 Å². The molecule has 0 aromatic heterocycles. The van der Waals surface area contributed by atoms with Crippen LogP contribution in [0.4, 0.5) is 0 Å². The third-order valence-electron chi connectivity index (χ3n) is 6.08. The number of hydrogen-bond donors (Lipinski definition) is 1. The third kappa shape index (κ3) is 4.98. The summed E-state index contributed by atoms with van der Waals surface area (Å²) in [4.78, 5) is 26.8. The molecule has 7 nitrogen and oxygen atoms in total. The van der Waals surface area contributed by atoms with Crippen molar-refractivity contribution in [2.24, 2.45) is 0 Å². The smallest absolute Gasteiger partial charge is 0.243 e. The molecule has 0 bridgehead atoms. The van der Waals surface area contributed by atoms with Gasteiger partial charge in [-0.3, -0.25) is 9.59 Å². The second-order valence-corrected chi connectivity index (χ2v) is 10.5. The molecule has 0 unspecified atom stereocenters. The molecular weight excluding hydrogens is 450 g/mol. The number of nitrogens with zero attached hydrogens (tertiary/aromatic N) is 2. The van der Waals surface area contributed by atoms with E-state index in [0.717, 1.165) is 18.4 Å². The van der Waals surface area contributed by atoms with Crippen LogP contribution in [-0.4, -0.2) is 55.6 Å². The SMILES string of the molecule is O=C(CCC(=O)N1CCN(S(=O)(=O)c2ccc(Cl)cc2)CC1)N[C@H]1CCc2ccccc21. The van der Waals surface area contributed by atoms with Gasteiger partial charge in [0, 0.05) is 44.0 Å². The van der Waals surface area contributed by atoms with E-state index in [1.165, 1.54) is 22.0 Å². The zero-order valence-corrected chi connectivity index (χ0v) is 19.2. The van der Waals surface area contributed by atoms with Crippen LogP contribution in [0.3, 0.4) is 0 Å². The molecule has 0 radical (unpaired) electrons. The normalized spacial score (nSPS) is 18.9. The molecular formula is C23H26ClN3O4S. The fraction of sp³-hybridized carbons (Fsp3) is 0.391. The molecule has 1 aliphatic carbocycles. The monoisotopic (exact) mass is 475 g/mol. The van der Waals surface area contributed by atoms with Gasteiger partial charge in [0.15, 0.2) is 0 Å². The van der Waals surface area contributed by atoms with E-state index in [4.69, 9.17) is 11.6 Å². The number of rotatable bonds is 6. The standard InChI is InChI=1S/C23H26ClN3O4S/c24-18-6-8-19(9-7-18)32(30,31)27-15-13-26(14-16-27)23(29)12-11-22(28)25-21-10-5-17-3-1-2-4-20(17)21/h1-4,6-9,21H,5,10-16H2,(H,25,28)/t21-/m0/s1. The molecule has 1 aliphatic heterocycles. The van der Waals surface area contributed by atoms with Crippen molar-refractivity contribution in [3.8, 4) is 0 Å². The van der Waals surface area contributed by atoms with Gasteiger partial charge < -0.3 is 10.2 Å². The van der Waals surface area contributed by atoms with E-state index < -0.39 is 10.0 Å². The van der Waals surface area contributed by atoms with Crippen molar-refractivity contribution in [3.05, 3.63) is 64.7 Å². The van der Waals surface area contributed by atoms with Crippen molar-refractivity contribution in [2.45, 2.75) is 36.6 Å². The summed E-state index contributed by atoms with van der Waals surface area (Å²) >= 11 is 5.84. The highest BCUT2D eigenvalue weighted by Crippen LogP contribution is 2.30. The van der Waals surface area contributed by atoms with E-state index in [1.54, 1.807) is 17.0 Å². The Balaban J connectivity index is 1.24. The molecule has 1 atom stereocenters. The predicted octanol–water partition coefficient (Wildman–Crippen LogP) is 2.76. The van der Waals surface area contributed by atoms with E-state index >= 15 is 0 Å². The number of benzene rings is 2.